The van der Waals surface area contributed by atoms with Gasteiger partial charge in [0.2, 0.25) is 6.23 Å². The zero-order valence-electron chi connectivity index (χ0n) is 9.20. The molecular formula is C10H19NO3. The lowest BCUT2D eigenvalue weighted by atomic mass is 9.79. The van der Waals surface area contributed by atoms with Crippen LogP contribution in [0.2, 0.25) is 0 Å². The van der Waals surface area contributed by atoms with Crippen LogP contribution in [-0.4, -0.2) is 30.0 Å². The van der Waals surface area contributed by atoms with Crippen molar-refractivity contribution < 1.29 is 14.6 Å². The monoisotopic (exact) mass is 201 g/mol. The molecule has 1 fully saturated rings. The molecule has 14 heavy (non-hydrogen) atoms. The first-order valence-corrected chi connectivity index (χ1v) is 4.96. The summed E-state index contributed by atoms with van der Waals surface area (Å²) >= 11 is 0. The number of rotatable bonds is 2. The fourth-order valence-electron chi connectivity index (χ4n) is 2.04. The molecular weight excluding hydrogens is 182 g/mol. The molecule has 4 nitrogen and oxygen atoms in total. The highest BCUT2D eigenvalue weighted by atomic mass is 16.5. The summed E-state index contributed by atoms with van der Waals surface area (Å²) in [5.74, 6) is -0.611. The lowest BCUT2D eigenvalue weighted by molar-refractivity contribution is -0.180. The van der Waals surface area contributed by atoms with Crippen LogP contribution >= 0.6 is 0 Å². The predicted molar refractivity (Wildman–Crippen MR) is 52.9 cm³/mol. The van der Waals surface area contributed by atoms with E-state index in [4.69, 9.17) is 9.84 Å². The molecule has 1 aliphatic heterocycles. The number of aliphatic carboxylic acids is 1. The molecule has 1 heterocycles. The highest BCUT2D eigenvalue weighted by molar-refractivity contribution is 5.71. The molecule has 2 N–H and O–H groups in total. The largest absolute Gasteiger partial charge is 0.478 e. The molecule has 0 saturated carbocycles. The van der Waals surface area contributed by atoms with Crippen molar-refractivity contribution in [3.8, 4) is 0 Å². The van der Waals surface area contributed by atoms with Crippen LogP contribution in [-0.2, 0) is 9.53 Å². The minimum absolute atomic E-state index is 0.00940. The number of hydrogen-bond donors (Lipinski definition) is 2. The van der Waals surface area contributed by atoms with Gasteiger partial charge >= 0.3 is 5.97 Å². The summed E-state index contributed by atoms with van der Waals surface area (Å²) in [6, 6.07) is 0. The number of nitrogens with one attached hydrogen (secondary N) is 1. The smallest absolute Gasteiger partial charge is 0.348 e. The molecule has 0 spiro atoms. The third-order valence-corrected chi connectivity index (χ3v) is 2.63. The maximum atomic E-state index is 10.7. The average Bonchev–Trinajstić information content (AvgIpc) is 2.02. The first-order valence-electron chi connectivity index (χ1n) is 4.96. The highest BCUT2D eigenvalue weighted by Gasteiger charge is 2.40. The molecule has 1 aliphatic rings. The Kier molecular flexibility index (Phi) is 3.17. The molecule has 2 atom stereocenters. The molecule has 2 unspecified atom stereocenters. The Bertz CT molecular complexity index is 225. The van der Waals surface area contributed by atoms with Gasteiger partial charge in [-0.3, -0.25) is 5.32 Å². The van der Waals surface area contributed by atoms with Crippen LogP contribution in [0.15, 0.2) is 0 Å². The third-order valence-electron chi connectivity index (χ3n) is 2.63. The van der Waals surface area contributed by atoms with Crippen molar-refractivity contribution in [2.75, 3.05) is 6.54 Å². The van der Waals surface area contributed by atoms with E-state index in [1.165, 1.54) is 0 Å². The Labute approximate surface area is 84.6 Å². The minimum Gasteiger partial charge on any atom is -0.478 e. The Morgan fingerprint density at radius 2 is 2.14 bits per heavy atom. The first-order chi connectivity index (χ1) is 6.34. The second kappa shape index (κ2) is 3.87. The summed E-state index contributed by atoms with van der Waals surface area (Å²) < 4.78 is 5.51. The van der Waals surface area contributed by atoms with Gasteiger partial charge in [0, 0.05) is 12.0 Å². The number of carboxylic acid groups (broad SMARTS) is 1. The van der Waals surface area contributed by atoms with Crippen LogP contribution < -0.4 is 5.32 Å². The van der Waals surface area contributed by atoms with Gasteiger partial charge in [-0.25, -0.2) is 4.79 Å². The summed E-state index contributed by atoms with van der Waals surface area (Å²) in [4.78, 5) is 10.7. The van der Waals surface area contributed by atoms with E-state index in [2.05, 4.69) is 33.0 Å². The topological polar surface area (TPSA) is 58.6 Å². The number of ether oxygens (including phenoxy) is 1. The molecule has 1 saturated heterocycles. The van der Waals surface area contributed by atoms with E-state index in [1.54, 1.807) is 0 Å². The van der Waals surface area contributed by atoms with Gasteiger partial charge in [-0.1, -0.05) is 27.7 Å². The lowest BCUT2D eigenvalue weighted by Crippen LogP contribution is -2.57. The third kappa shape index (κ3) is 2.25. The second-order valence-corrected chi connectivity index (χ2v) is 4.89. The summed E-state index contributed by atoms with van der Waals surface area (Å²) in [7, 11) is 0. The fraction of sp³-hybridized carbons (Fsp3) is 0.900. The molecule has 0 aromatic carbocycles. The zero-order valence-corrected chi connectivity index (χ0v) is 9.20. The van der Waals surface area contributed by atoms with E-state index >= 15 is 0 Å². The molecule has 0 aromatic rings. The van der Waals surface area contributed by atoms with E-state index in [9.17, 15) is 4.79 Å². The van der Waals surface area contributed by atoms with Crippen molar-refractivity contribution in [3.05, 3.63) is 0 Å². The predicted octanol–water partition coefficient (Wildman–Crippen LogP) is 1.07. The molecule has 0 aromatic heterocycles. The van der Waals surface area contributed by atoms with Crippen LogP contribution in [0, 0.1) is 11.3 Å². The SMILES string of the molecule is CC(C)C1OC(C(=O)O)NCC1(C)C. The summed E-state index contributed by atoms with van der Waals surface area (Å²) in [5.41, 5.74) is -0.0138. The standard InChI is InChI=1S/C10H19NO3/c1-6(2)7-10(3,4)5-11-8(14-7)9(12)13/h6-8,11H,5H2,1-4H3,(H,12,13). The minimum atomic E-state index is -0.939. The zero-order chi connectivity index (χ0) is 10.9. The van der Waals surface area contributed by atoms with Crippen molar-refractivity contribution in [1.82, 2.24) is 5.32 Å². The van der Waals surface area contributed by atoms with Crippen LogP contribution in [0.1, 0.15) is 27.7 Å². The Morgan fingerprint density at radius 3 is 2.57 bits per heavy atom. The first kappa shape index (κ1) is 11.5. The van der Waals surface area contributed by atoms with Crippen molar-refractivity contribution in [1.29, 1.82) is 0 Å². The molecule has 0 aliphatic carbocycles. The molecule has 0 radical (unpaired) electrons. The van der Waals surface area contributed by atoms with Crippen LogP contribution in [0.4, 0.5) is 0 Å². The van der Waals surface area contributed by atoms with E-state index in [0.29, 0.717) is 12.5 Å². The lowest BCUT2D eigenvalue weighted by Gasteiger charge is -2.43. The van der Waals surface area contributed by atoms with Gasteiger partial charge in [0.1, 0.15) is 0 Å². The molecule has 1 rings (SSSR count). The maximum absolute atomic E-state index is 10.7. The van der Waals surface area contributed by atoms with Gasteiger partial charge in [-0.05, 0) is 5.92 Å². The van der Waals surface area contributed by atoms with Gasteiger partial charge in [0.15, 0.2) is 0 Å². The van der Waals surface area contributed by atoms with Crippen molar-refractivity contribution >= 4 is 5.97 Å². The van der Waals surface area contributed by atoms with Gasteiger partial charge in [-0.2, -0.15) is 0 Å². The van der Waals surface area contributed by atoms with Gasteiger partial charge in [0.25, 0.3) is 0 Å². The van der Waals surface area contributed by atoms with Crippen LogP contribution in [0.3, 0.4) is 0 Å². The molecule has 0 amide bonds. The second-order valence-electron chi connectivity index (χ2n) is 4.89. The summed E-state index contributed by atoms with van der Waals surface area (Å²) in [5, 5.41) is 11.7. The maximum Gasteiger partial charge on any atom is 0.348 e. The average molecular weight is 201 g/mol. The van der Waals surface area contributed by atoms with Crippen molar-refractivity contribution in [3.63, 3.8) is 0 Å². The van der Waals surface area contributed by atoms with E-state index in [0.717, 1.165) is 0 Å². The highest BCUT2D eigenvalue weighted by Crippen LogP contribution is 2.32. The molecule has 82 valence electrons. The van der Waals surface area contributed by atoms with Gasteiger partial charge < -0.3 is 9.84 Å². The van der Waals surface area contributed by atoms with E-state index in [-0.39, 0.29) is 11.5 Å². The Hall–Kier alpha value is -0.610. The van der Waals surface area contributed by atoms with Gasteiger partial charge in [-0.15, -0.1) is 0 Å². The fourth-order valence-corrected chi connectivity index (χ4v) is 2.04. The summed E-state index contributed by atoms with van der Waals surface area (Å²) in [6.45, 7) is 8.95. The number of carboxylic acids is 1. The van der Waals surface area contributed by atoms with Crippen LogP contribution in [0.5, 0.6) is 0 Å². The Morgan fingerprint density at radius 1 is 1.57 bits per heavy atom. The normalized spacial score (nSPS) is 31.8. The van der Waals surface area contributed by atoms with Crippen molar-refractivity contribution in [2.45, 2.75) is 40.0 Å². The van der Waals surface area contributed by atoms with E-state index in [1.807, 2.05) is 0 Å². The number of carbonyl (C=O) groups is 1. The quantitative estimate of drug-likeness (QED) is 0.701. The number of hydrogen-bond acceptors (Lipinski definition) is 3. The van der Waals surface area contributed by atoms with Gasteiger partial charge in [0.05, 0.1) is 6.10 Å². The van der Waals surface area contributed by atoms with Crippen LogP contribution in [0.25, 0.3) is 0 Å². The van der Waals surface area contributed by atoms with Crippen molar-refractivity contribution in [2.24, 2.45) is 11.3 Å². The summed E-state index contributed by atoms with van der Waals surface area (Å²) in [6.07, 6.45) is -0.861. The van der Waals surface area contributed by atoms with E-state index < -0.39 is 12.2 Å². The molecule has 4 heteroatoms. The molecule has 0 bridgehead atoms. The Balaban J connectivity index is 2.72.